The summed E-state index contributed by atoms with van der Waals surface area (Å²) in [7, 11) is 0. The van der Waals surface area contributed by atoms with E-state index in [1.54, 1.807) is 43.3 Å². The molecule has 0 bridgehead atoms. The van der Waals surface area contributed by atoms with Crippen LogP contribution in [0.4, 0.5) is 28.9 Å². The first-order valence-electron chi connectivity index (χ1n) is 9.98. The van der Waals surface area contributed by atoms with Crippen molar-refractivity contribution in [2.45, 2.75) is 30.4 Å². The number of rotatable bonds is 7. The normalized spacial score (nSPS) is 11.7. The lowest BCUT2D eigenvalue weighted by atomic mass is 10.1. The zero-order valence-corrected chi connectivity index (χ0v) is 18.5. The zero-order chi connectivity index (χ0) is 24.1. The van der Waals surface area contributed by atoms with E-state index in [0.29, 0.717) is 16.1 Å². The number of thioether (sulfide) groups is 1. The lowest BCUT2D eigenvalue weighted by molar-refractivity contribution is -0.115. The van der Waals surface area contributed by atoms with Crippen molar-refractivity contribution in [1.82, 2.24) is 0 Å². The Labute approximate surface area is 192 Å². The van der Waals surface area contributed by atoms with Crippen LogP contribution in [0.3, 0.4) is 0 Å². The van der Waals surface area contributed by atoms with Gasteiger partial charge in [-0.3, -0.25) is 9.59 Å². The van der Waals surface area contributed by atoms with E-state index in [1.165, 1.54) is 0 Å². The van der Waals surface area contributed by atoms with Crippen LogP contribution in [0.1, 0.15) is 29.3 Å². The van der Waals surface area contributed by atoms with E-state index in [2.05, 4.69) is 5.32 Å². The van der Waals surface area contributed by atoms with Crippen molar-refractivity contribution >= 4 is 35.0 Å². The summed E-state index contributed by atoms with van der Waals surface area (Å²) in [6.07, 6.45) is 0.261. The number of anilines is 2. The van der Waals surface area contributed by atoms with Gasteiger partial charge in [0.2, 0.25) is 5.91 Å². The predicted octanol–water partition coefficient (Wildman–Crippen LogP) is 6.31. The molecule has 2 N–H and O–H groups in total. The van der Waals surface area contributed by atoms with Crippen LogP contribution in [0.2, 0.25) is 0 Å². The Kier molecular flexibility index (Phi) is 7.75. The maximum atomic E-state index is 13.9. The molecule has 0 radical (unpaired) electrons. The molecule has 2 amide bonds. The van der Waals surface area contributed by atoms with Crippen LogP contribution in [-0.2, 0) is 4.79 Å². The van der Waals surface area contributed by atoms with Crippen LogP contribution in [-0.4, -0.2) is 17.1 Å². The van der Waals surface area contributed by atoms with E-state index in [-0.39, 0.29) is 18.4 Å². The molecule has 3 rings (SSSR count). The average Bonchev–Trinajstić information content (AvgIpc) is 2.79. The van der Waals surface area contributed by atoms with Crippen molar-refractivity contribution in [3.63, 3.8) is 0 Å². The van der Waals surface area contributed by atoms with Crippen LogP contribution in [0.15, 0.2) is 59.5 Å². The molecule has 0 fully saturated rings. The maximum Gasteiger partial charge on any atom is 0.255 e. The highest BCUT2D eigenvalue weighted by Crippen LogP contribution is 2.30. The molecule has 0 aliphatic carbocycles. The molecule has 172 valence electrons. The van der Waals surface area contributed by atoms with E-state index >= 15 is 0 Å². The van der Waals surface area contributed by atoms with Gasteiger partial charge in [-0.05, 0) is 43.7 Å². The van der Waals surface area contributed by atoms with E-state index in [1.807, 2.05) is 24.4 Å². The SMILES string of the molecule is CCC(Sc1cccc(NC(=O)c2ccc(C)cc2)c1)C(=O)Nc1c(F)c(F)cc(F)c1F. The monoisotopic (exact) mass is 476 g/mol. The summed E-state index contributed by atoms with van der Waals surface area (Å²) in [4.78, 5) is 25.6. The van der Waals surface area contributed by atoms with Gasteiger partial charge in [-0.1, -0.05) is 30.7 Å². The van der Waals surface area contributed by atoms with Gasteiger partial charge < -0.3 is 10.6 Å². The smallest absolute Gasteiger partial charge is 0.255 e. The van der Waals surface area contributed by atoms with E-state index in [0.717, 1.165) is 17.3 Å². The van der Waals surface area contributed by atoms with E-state index in [4.69, 9.17) is 0 Å². The van der Waals surface area contributed by atoms with Crippen LogP contribution in [0.25, 0.3) is 0 Å². The first-order valence-corrected chi connectivity index (χ1v) is 10.9. The number of amides is 2. The second-order valence-corrected chi connectivity index (χ2v) is 8.47. The Hall–Kier alpha value is -3.33. The number of hydrogen-bond donors (Lipinski definition) is 2. The van der Waals surface area contributed by atoms with Gasteiger partial charge in [0.1, 0.15) is 5.69 Å². The molecule has 3 aromatic rings. The first kappa shape index (κ1) is 24.3. The molecule has 0 spiro atoms. The largest absolute Gasteiger partial charge is 0.322 e. The Morgan fingerprint density at radius 2 is 1.55 bits per heavy atom. The molecule has 3 aromatic carbocycles. The van der Waals surface area contributed by atoms with Crippen molar-refractivity contribution in [2.24, 2.45) is 0 Å². The highest BCUT2D eigenvalue weighted by atomic mass is 32.2. The predicted molar refractivity (Wildman–Crippen MR) is 120 cm³/mol. The Balaban J connectivity index is 1.72. The highest BCUT2D eigenvalue weighted by molar-refractivity contribution is 8.00. The van der Waals surface area contributed by atoms with Gasteiger partial charge in [0.15, 0.2) is 23.3 Å². The number of carbonyl (C=O) groups excluding carboxylic acids is 2. The van der Waals surface area contributed by atoms with Crippen LogP contribution >= 0.6 is 11.8 Å². The Bertz CT molecular complexity index is 1160. The summed E-state index contributed by atoms with van der Waals surface area (Å²) < 4.78 is 54.6. The third kappa shape index (κ3) is 5.92. The second kappa shape index (κ2) is 10.5. The summed E-state index contributed by atoms with van der Waals surface area (Å²) in [5, 5.41) is 3.89. The number of aryl methyl sites for hydroxylation is 1. The zero-order valence-electron chi connectivity index (χ0n) is 17.7. The fourth-order valence-electron chi connectivity index (χ4n) is 2.93. The fourth-order valence-corrected chi connectivity index (χ4v) is 3.94. The summed E-state index contributed by atoms with van der Waals surface area (Å²) in [5.74, 6) is -7.70. The molecule has 0 saturated heterocycles. The van der Waals surface area contributed by atoms with Crippen molar-refractivity contribution in [1.29, 1.82) is 0 Å². The fraction of sp³-hybridized carbons (Fsp3) is 0.167. The van der Waals surface area contributed by atoms with Crippen LogP contribution in [0, 0.1) is 30.2 Å². The molecule has 0 aliphatic rings. The first-order chi connectivity index (χ1) is 15.7. The van der Waals surface area contributed by atoms with Crippen molar-refractivity contribution in [3.8, 4) is 0 Å². The molecule has 0 saturated carbocycles. The van der Waals surface area contributed by atoms with Crippen molar-refractivity contribution in [2.75, 3.05) is 10.6 Å². The topological polar surface area (TPSA) is 58.2 Å². The van der Waals surface area contributed by atoms with Crippen molar-refractivity contribution < 1.29 is 27.2 Å². The van der Waals surface area contributed by atoms with Gasteiger partial charge >= 0.3 is 0 Å². The van der Waals surface area contributed by atoms with Gasteiger partial charge in [-0.25, -0.2) is 17.6 Å². The molecule has 0 aromatic heterocycles. The third-order valence-corrected chi connectivity index (χ3v) is 6.07. The second-order valence-electron chi connectivity index (χ2n) is 7.20. The van der Waals surface area contributed by atoms with E-state index < -0.39 is 40.1 Å². The average molecular weight is 476 g/mol. The van der Waals surface area contributed by atoms with Crippen LogP contribution in [0.5, 0.6) is 0 Å². The van der Waals surface area contributed by atoms with Crippen LogP contribution < -0.4 is 10.6 Å². The van der Waals surface area contributed by atoms with Gasteiger partial charge in [-0.2, -0.15) is 0 Å². The standard InChI is InChI=1S/C24H20F4N2O2S/c1-3-19(24(32)30-22-20(27)17(25)12-18(26)21(22)28)33-16-6-4-5-15(11-16)29-23(31)14-9-7-13(2)8-10-14/h4-12,19H,3H2,1-2H3,(H,29,31)(H,30,32). The number of hydrogen-bond acceptors (Lipinski definition) is 3. The molecular formula is C24H20F4N2O2S. The van der Waals surface area contributed by atoms with Gasteiger partial charge in [0, 0.05) is 22.2 Å². The molecular weight excluding hydrogens is 456 g/mol. The minimum Gasteiger partial charge on any atom is -0.322 e. The molecule has 0 heterocycles. The Morgan fingerprint density at radius 1 is 0.909 bits per heavy atom. The van der Waals surface area contributed by atoms with Gasteiger partial charge in [0.05, 0.1) is 5.25 Å². The molecule has 33 heavy (non-hydrogen) atoms. The summed E-state index contributed by atoms with van der Waals surface area (Å²) >= 11 is 1.08. The number of nitrogens with one attached hydrogen (secondary N) is 2. The lowest BCUT2D eigenvalue weighted by Crippen LogP contribution is -2.26. The maximum absolute atomic E-state index is 13.9. The summed E-state index contributed by atoms with van der Waals surface area (Å²) in [5.41, 5.74) is 0.825. The molecule has 1 atom stereocenters. The molecule has 9 heteroatoms. The molecule has 0 aliphatic heterocycles. The van der Waals surface area contributed by atoms with E-state index in [9.17, 15) is 27.2 Å². The quantitative estimate of drug-likeness (QED) is 0.239. The summed E-state index contributed by atoms with van der Waals surface area (Å²) in [6.45, 7) is 3.59. The minimum absolute atomic E-state index is 0.0722. The van der Waals surface area contributed by atoms with Gasteiger partial charge in [-0.15, -0.1) is 11.8 Å². The number of halogens is 4. The highest BCUT2D eigenvalue weighted by Gasteiger charge is 2.25. The lowest BCUT2D eigenvalue weighted by Gasteiger charge is -2.16. The number of benzene rings is 3. The van der Waals surface area contributed by atoms with Crippen molar-refractivity contribution in [3.05, 3.63) is 89.0 Å². The molecule has 1 unspecified atom stereocenters. The van der Waals surface area contributed by atoms with Gasteiger partial charge in [0.25, 0.3) is 5.91 Å². The minimum atomic E-state index is -1.68. The number of carbonyl (C=O) groups is 2. The molecule has 4 nitrogen and oxygen atoms in total. The Morgan fingerprint density at radius 3 is 2.15 bits per heavy atom. The third-order valence-electron chi connectivity index (χ3n) is 4.71. The summed E-state index contributed by atoms with van der Waals surface area (Å²) in [6, 6.07) is 13.8.